The lowest BCUT2D eigenvalue weighted by Gasteiger charge is -2.07. The van der Waals surface area contributed by atoms with E-state index in [0.717, 1.165) is 18.3 Å². The Kier molecular flexibility index (Phi) is 9.32. The van der Waals surface area contributed by atoms with Crippen molar-refractivity contribution in [2.45, 2.75) is 6.42 Å². The summed E-state index contributed by atoms with van der Waals surface area (Å²) in [4.78, 5) is 13.1. The molecule has 0 radical (unpaired) electrons. The van der Waals surface area contributed by atoms with E-state index >= 15 is 0 Å². The van der Waals surface area contributed by atoms with Crippen LogP contribution in [0.15, 0.2) is 0 Å². The van der Waals surface area contributed by atoms with Gasteiger partial charge in [-0.05, 0) is 14.1 Å². The Labute approximate surface area is 88.4 Å². The fraction of sp³-hybridized carbons (Fsp3) is 0.875. The average Bonchev–Trinajstić information content (AvgIpc) is 2.14. The summed E-state index contributed by atoms with van der Waals surface area (Å²) in [5, 5.41) is 8.34. The minimum atomic E-state index is -0.362. The van der Waals surface area contributed by atoms with Gasteiger partial charge in [0, 0.05) is 13.0 Å². The smallest absolute Gasteiger partial charge is 0.192 e. The topological polar surface area (TPSA) is 59.0 Å². The molecule has 0 spiro atoms. The Morgan fingerprint density at radius 3 is 2.71 bits per heavy atom. The van der Waals surface area contributed by atoms with Crippen LogP contribution in [0.5, 0.6) is 0 Å². The summed E-state index contributed by atoms with van der Waals surface area (Å²) in [6.45, 7) is 0.405. The van der Waals surface area contributed by atoms with Crippen molar-refractivity contribution in [1.29, 1.82) is 0 Å². The molecule has 0 atom stereocenters. The molecular weight excluding hydrogens is 206 g/mol. The van der Waals surface area contributed by atoms with E-state index in [1.54, 1.807) is 0 Å². The van der Waals surface area contributed by atoms with Crippen molar-refractivity contribution in [3.63, 3.8) is 0 Å². The lowest BCUT2D eigenvalue weighted by atomic mass is 10.4. The zero-order chi connectivity index (χ0) is 10.8. The van der Waals surface area contributed by atoms with Crippen molar-refractivity contribution >= 4 is 16.9 Å². The fourth-order valence-electron chi connectivity index (χ4n) is 0.625. The van der Waals surface area contributed by atoms with Gasteiger partial charge in [0.1, 0.15) is 12.7 Å². The van der Waals surface area contributed by atoms with Crippen molar-refractivity contribution in [3.05, 3.63) is 0 Å². The van der Waals surface area contributed by atoms with Gasteiger partial charge in [0.05, 0.1) is 0 Å². The van der Waals surface area contributed by atoms with Gasteiger partial charge in [0.15, 0.2) is 11.9 Å². The first-order valence-electron chi connectivity index (χ1n) is 4.23. The van der Waals surface area contributed by atoms with Crippen LogP contribution in [0.1, 0.15) is 6.42 Å². The van der Waals surface area contributed by atoms with Crippen molar-refractivity contribution in [1.82, 2.24) is 4.90 Å². The van der Waals surface area contributed by atoms with E-state index in [9.17, 15) is 4.79 Å². The molecule has 0 fully saturated rings. The van der Waals surface area contributed by atoms with Gasteiger partial charge in [-0.1, -0.05) is 11.8 Å². The third kappa shape index (κ3) is 9.94. The molecule has 6 heteroatoms. The summed E-state index contributed by atoms with van der Waals surface area (Å²) < 4.78 is 9.41. The van der Waals surface area contributed by atoms with Crippen LogP contribution < -0.4 is 0 Å². The lowest BCUT2D eigenvalue weighted by Crippen LogP contribution is -2.15. The number of hydrogen-bond donors (Lipinski definition) is 1. The number of aliphatic hydroxyl groups excluding tert-OH is 1. The van der Waals surface area contributed by atoms with E-state index in [1.807, 2.05) is 19.0 Å². The van der Waals surface area contributed by atoms with Crippen LogP contribution in [0.25, 0.3) is 0 Å². The van der Waals surface area contributed by atoms with Crippen LogP contribution in [0, 0.1) is 0 Å². The molecule has 5 nitrogen and oxygen atoms in total. The Balaban J connectivity index is 3.18. The monoisotopic (exact) mass is 223 g/mol. The molecule has 0 bridgehead atoms. The highest BCUT2D eigenvalue weighted by atomic mass is 32.2. The summed E-state index contributed by atoms with van der Waals surface area (Å²) in [7, 11) is 3.84. The zero-order valence-corrected chi connectivity index (χ0v) is 9.38. The SMILES string of the molecule is CN(C)CCC(=O)SCOCOCO. The van der Waals surface area contributed by atoms with Crippen LogP contribution in [0.2, 0.25) is 0 Å². The summed E-state index contributed by atoms with van der Waals surface area (Å²) in [5.41, 5.74) is 0. The summed E-state index contributed by atoms with van der Waals surface area (Å²) in [6.07, 6.45) is 0.516. The average molecular weight is 223 g/mol. The Morgan fingerprint density at radius 2 is 2.14 bits per heavy atom. The van der Waals surface area contributed by atoms with E-state index < -0.39 is 0 Å². The van der Waals surface area contributed by atoms with Gasteiger partial charge < -0.3 is 19.5 Å². The molecule has 0 saturated heterocycles. The Hall–Kier alpha value is -0.140. The first-order chi connectivity index (χ1) is 6.66. The van der Waals surface area contributed by atoms with Crippen LogP contribution >= 0.6 is 11.8 Å². The molecule has 14 heavy (non-hydrogen) atoms. The predicted molar refractivity (Wildman–Crippen MR) is 54.8 cm³/mol. The molecule has 0 aliphatic carbocycles. The molecule has 0 aromatic carbocycles. The van der Waals surface area contributed by atoms with Crippen LogP contribution in [-0.4, -0.2) is 55.3 Å². The number of thioether (sulfide) groups is 1. The second kappa shape index (κ2) is 9.42. The van der Waals surface area contributed by atoms with Crippen LogP contribution in [0.3, 0.4) is 0 Å². The first-order valence-corrected chi connectivity index (χ1v) is 5.22. The minimum absolute atomic E-state index is 0.0183. The maximum absolute atomic E-state index is 11.1. The Morgan fingerprint density at radius 1 is 1.43 bits per heavy atom. The Bertz CT molecular complexity index is 154. The second-order valence-corrected chi connectivity index (χ2v) is 3.82. The molecule has 84 valence electrons. The molecule has 0 amide bonds. The van der Waals surface area contributed by atoms with Gasteiger partial charge in [-0.3, -0.25) is 4.79 Å². The molecule has 1 N–H and O–H groups in total. The predicted octanol–water partition coefficient (Wildman–Crippen LogP) is 0.0959. The number of hydrogen-bond acceptors (Lipinski definition) is 6. The molecular formula is C8H17NO4S. The normalized spacial score (nSPS) is 10.9. The summed E-state index contributed by atoms with van der Waals surface area (Å²) in [5.74, 6) is 0.270. The number of aliphatic hydroxyl groups is 1. The van der Waals surface area contributed by atoms with Gasteiger partial charge in [-0.25, -0.2) is 0 Å². The largest absolute Gasteiger partial charge is 0.371 e. The van der Waals surface area contributed by atoms with Gasteiger partial charge in [0.2, 0.25) is 0 Å². The van der Waals surface area contributed by atoms with Crippen LogP contribution in [0.4, 0.5) is 0 Å². The number of ether oxygens (including phenoxy) is 2. The van der Waals surface area contributed by atoms with Crippen molar-refractivity contribution in [2.24, 2.45) is 0 Å². The summed E-state index contributed by atoms with van der Waals surface area (Å²) >= 11 is 1.12. The molecule has 0 aliphatic heterocycles. The lowest BCUT2D eigenvalue weighted by molar-refractivity contribution is -0.111. The fourth-order valence-corrected chi connectivity index (χ4v) is 1.14. The number of carbonyl (C=O) groups excluding carboxylic acids is 1. The highest BCUT2D eigenvalue weighted by molar-refractivity contribution is 8.13. The molecule has 0 heterocycles. The highest BCUT2D eigenvalue weighted by Crippen LogP contribution is 2.05. The zero-order valence-electron chi connectivity index (χ0n) is 8.56. The first kappa shape index (κ1) is 13.9. The van der Waals surface area contributed by atoms with Gasteiger partial charge in [-0.2, -0.15) is 0 Å². The maximum atomic E-state index is 11.1. The van der Waals surface area contributed by atoms with Crippen molar-refractivity contribution in [3.8, 4) is 0 Å². The van der Waals surface area contributed by atoms with Crippen molar-refractivity contribution < 1.29 is 19.4 Å². The van der Waals surface area contributed by atoms with E-state index in [0.29, 0.717) is 6.42 Å². The van der Waals surface area contributed by atoms with Gasteiger partial charge >= 0.3 is 0 Å². The molecule has 0 aromatic rings. The number of carbonyl (C=O) groups is 1. The molecule has 0 rings (SSSR count). The van der Waals surface area contributed by atoms with E-state index in [-0.39, 0.29) is 24.6 Å². The standard InChI is InChI=1S/C8H17NO4S/c1-9(2)4-3-8(11)14-7-13-6-12-5-10/h10H,3-7H2,1-2H3. The van der Waals surface area contributed by atoms with E-state index in [4.69, 9.17) is 9.84 Å². The van der Waals surface area contributed by atoms with E-state index in [1.165, 1.54) is 0 Å². The molecule has 0 saturated carbocycles. The number of nitrogens with zero attached hydrogens (tertiary/aromatic N) is 1. The second-order valence-electron chi connectivity index (χ2n) is 2.84. The third-order valence-electron chi connectivity index (χ3n) is 1.32. The summed E-state index contributed by atoms with van der Waals surface area (Å²) in [6, 6.07) is 0. The van der Waals surface area contributed by atoms with Gasteiger partial charge in [0.25, 0.3) is 0 Å². The van der Waals surface area contributed by atoms with Crippen molar-refractivity contribution in [2.75, 3.05) is 40.2 Å². The quantitative estimate of drug-likeness (QED) is 0.465. The third-order valence-corrected chi connectivity index (χ3v) is 2.13. The minimum Gasteiger partial charge on any atom is -0.371 e. The van der Waals surface area contributed by atoms with E-state index in [2.05, 4.69) is 4.74 Å². The molecule has 0 aliphatic rings. The van der Waals surface area contributed by atoms with Crippen LogP contribution in [-0.2, 0) is 14.3 Å². The van der Waals surface area contributed by atoms with Gasteiger partial charge in [-0.15, -0.1) is 0 Å². The highest BCUT2D eigenvalue weighted by Gasteiger charge is 2.02. The molecule has 0 aromatic heterocycles. The molecule has 0 unspecified atom stereocenters. The number of rotatable bonds is 8. The maximum Gasteiger partial charge on any atom is 0.192 e.